The number of halogens is 2. The Hall–Kier alpha value is 0.300. The second-order valence-electron chi connectivity index (χ2n) is 3.25. The smallest absolute Gasteiger partial charge is 0.0671 e. The number of aliphatic hydroxyl groups is 1. The summed E-state index contributed by atoms with van der Waals surface area (Å²) in [5.74, 6) is 1.80. The lowest BCUT2D eigenvalue weighted by Crippen LogP contribution is -2.13. The number of hydrogen-bond donors (Lipinski definition) is 1. The number of benzene rings is 1. The SMILES string of the molecule is CCSCC(O)Cc1ccc(Br)cc1Cl. The van der Waals surface area contributed by atoms with E-state index < -0.39 is 0 Å². The van der Waals surface area contributed by atoms with Gasteiger partial charge in [0.15, 0.2) is 0 Å². The van der Waals surface area contributed by atoms with Crippen LogP contribution in [0.15, 0.2) is 22.7 Å². The Morgan fingerprint density at radius 1 is 1.53 bits per heavy atom. The molecule has 1 aromatic carbocycles. The molecule has 0 radical (unpaired) electrons. The normalized spacial score (nSPS) is 12.8. The zero-order valence-corrected chi connectivity index (χ0v) is 11.7. The van der Waals surface area contributed by atoms with Crippen LogP contribution >= 0.6 is 39.3 Å². The molecule has 1 N–H and O–H groups in total. The molecule has 0 saturated carbocycles. The van der Waals surface area contributed by atoms with Crippen molar-refractivity contribution in [2.45, 2.75) is 19.4 Å². The van der Waals surface area contributed by atoms with Crippen molar-refractivity contribution >= 4 is 39.3 Å². The quantitative estimate of drug-likeness (QED) is 0.893. The molecule has 0 aliphatic carbocycles. The van der Waals surface area contributed by atoms with E-state index in [4.69, 9.17) is 11.6 Å². The summed E-state index contributed by atoms with van der Waals surface area (Å²) < 4.78 is 0.966. The fourth-order valence-corrected chi connectivity index (χ4v) is 2.63. The summed E-state index contributed by atoms with van der Waals surface area (Å²) in [6.45, 7) is 2.09. The molecule has 0 spiro atoms. The van der Waals surface area contributed by atoms with Crippen molar-refractivity contribution in [3.63, 3.8) is 0 Å². The minimum Gasteiger partial charge on any atom is -0.392 e. The van der Waals surface area contributed by atoms with Crippen LogP contribution in [0.4, 0.5) is 0 Å². The maximum absolute atomic E-state index is 9.74. The van der Waals surface area contributed by atoms with Gasteiger partial charge in [-0.1, -0.05) is 40.5 Å². The largest absolute Gasteiger partial charge is 0.392 e. The highest BCUT2D eigenvalue weighted by molar-refractivity contribution is 9.10. The van der Waals surface area contributed by atoms with Crippen LogP contribution in [-0.4, -0.2) is 22.7 Å². The van der Waals surface area contributed by atoms with Gasteiger partial charge in [-0.25, -0.2) is 0 Å². The monoisotopic (exact) mass is 308 g/mol. The molecule has 1 rings (SSSR count). The molecular weight excluding hydrogens is 296 g/mol. The third-order valence-corrected chi connectivity index (χ3v) is 3.86. The van der Waals surface area contributed by atoms with E-state index in [1.165, 1.54) is 0 Å². The zero-order chi connectivity index (χ0) is 11.3. The molecule has 0 aliphatic rings. The first-order chi connectivity index (χ1) is 7.13. The summed E-state index contributed by atoms with van der Waals surface area (Å²) in [5, 5.41) is 10.4. The number of thioether (sulfide) groups is 1. The summed E-state index contributed by atoms with van der Waals surface area (Å²) in [4.78, 5) is 0. The average molecular weight is 310 g/mol. The standard InChI is InChI=1S/C11H14BrClOS/c1-2-15-7-10(14)5-8-3-4-9(12)6-11(8)13/h3-4,6,10,14H,2,5,7H2,1H3. The van der Waals surface area contributed by atoms with Crippen LogP contribution in [0.2, 0.25) is 5.02 Å². The van der Waals surface area contributed by atoms with Gasteiger partial charge in [-0.05, 0) is 23.4 Å². The van der Waals surface area contributed by atoms with Gasteiger partial charge >= 0.3 is 0 Å². The van der Waals surface area contributed by atoms with Gasteiger partial charge in [0, 0.05) is 21.7 Å². The van der Waals surface area contributed by atoms with Crippen LogP contribution in [0, 0.1) is 0 Å². The summed E-state index contributed by atoms with van der Waals surface area (Å²) in [7, 11) is 0. The average Bonchev–Trinajstić information content (AvgIpc) is 2.19. The van der Waals surface area contributed by atoms with Gasteiger partial charge in [-0.3, -0.25) is 0 Å². The van der Waals surface area contributed by atoms with Crippen LogP contribution in [0.1, 0.15) is 12.5 Å². The van der Waals surface area contributed by atoms with Crippen LogP contribution in [-0.2, 0) is 6.42 Å². The molecule has 0 aromatic heterocycles. The van der Waals surface area contributed by atoms with E-state index in [-0.39, 0.29) is 6.10 Å². The Labute approximate surface area is 108 Å². The van der Waals surface area contributed by atoms with Crippen LogP contribution in [0.25, 0.3) is 0 Å². The van der Waals surface area contributed by atoms with Gasteiger partial charge in [0.25, 0.3) is 0 Å². The van der Waals surface area contributed by atoms with E-state index >= 15 is 0 Å². The van der Waals surface area contributed by atoms with E-state index in [0.29, 0.717) is 11.4 Å². The van der Waals surface area contributed by atoms with Gasteiger partial charge in [-0.2, -0.15) is 11.8 Å². The van der Waals surface area contributed by atoms with Crippen molar-refractivity contribution in [3.8, 4) is 0 Å². The Kier molecular flexibility index (Phi) is 6.05. The molecule has 1 unspecified atom stereocenters. The topological polar surface area (TPSA) is 20.2 Å². The predicted molar refractivity (Wildman–Crippen MR) is 71.9 cm³/mol. The molecule has 0 amide bonds. The Morgan fingerprint density at radius 3 is 2.87 bits per heavy atom. The Morgan fingerprint density at radius 2 is 2.27 bits per heavy atom. The number of rotatable bonds is 5. The summed E-state index contributed by atoms with van der Waals surface area (Å²) >= 11 is 11.2. The van der Waals surface area contributed by atoms with Crippen molar-refractivity contribution in [1.82, 2.24) is 0 Å². The second kappa shape index (κ2) is 6.79. The highest BCUT2D eigenvalue weighted by Crippen LogP contribution is 2.23. The van der Waals surface area contributed by atoms with Crippen molar-refractivity contribution in [1.29, 1.82) is 0 Å². The van der Waals surface area contributed by atoms with Crippen LogP contribution in [0.5, 0.6) is 0 Å². The molecule has 1 atom stereocenters. The van der Waals surface area contributed by atoms with Gasteiger partial charge in [-0.15, -0.1) is 0 Å². The summed E-state index contributed by atoms with van der Waals surface area (Å²) in [5.41, 5.74) is 1.00. The van der Waals surface area contributed by atoms with Crippen LogP contribution < -0.4 is 0 Å². The van der Waals surface area contributed by atoms with Crippen molar-refractivity contribution in [2.24, 2.45) is 0 Å². The third-order valence-electron chi connectivity index (χ3n) is 1.99. The first kappa shape index (κ1) is 13.4. The lowest BCUT2D eigenvalue weighted by atomic mass is 10.1. The Bertz CT molecular complexity index is 319. The number of aliphatic hydroxyl groups excluding tert-OH is 1. The highest BCUT2D eigenvalue weighted by Gasteiger charge is 2.08. The second-order valence-corrected chi connectivity index (χ2v) is 5.89. The summed E-state index contributed by atoms with van der Waals surface area (Å²) in [6.07, 6.45) is 0.313. The first-order valence-corrected chi connectivity index (χ1v) is 7.15. The highest BCUT2D eigenvalue weighted by atomic mass is 79.9. The lowest BCUT2D eigenvalue weighted by molar-refractivity contribution is 0.200. The van der Waals surface area contributed by atoms with Crippen molar-refractivity contribution in [2.75, 3.05) is 11.5 Å². The molecule has 0 heterocycles. The van der Waals surface area contributed by atoms with Gasteiger partial charge in [0.05, 0.1) is 6.10 Å². The first-order valence-electron chi connectivity index (χ1n) is 4.83. The van der Waals surface area contributed by atoms with Crippen molar-refractivity contribution in [3.05, 3.63) is 33.3 Å². The van der Waals surface area contributed by atoms with Gasteiger partial charge in [0.1, 0.15) is 0 Å². The predicted octanol–water partition coefficient (Wildman–Crippen LogP) is 3.76. The van der Waals surface area contributed by atoms with Gasteiger partial charge in [0.2, 0.25) is 0 Å². The van der Waals surface area contributed by atoms with E-state index in [1.54, 1.807) is 11.8 Å². The zero-order valence-electron chi connectivity index (χ0n) is 8.54. The third kappa shape index (κ3) is 4.77. The van der Waals surface area contributed by atoms with E-state index in [9.17, 15) is 5.11 Å². The molecule has 0 bridgehead atoms. The minimum absolute atomic E-state index is 0.311. The number of hydrogen-bond acceptors (Lipinski definition) is 2. The van der Waals surface area contributed by atoms with E-state index in [0.717, 1.165) is 21.5 Å². The fraction of sp³-hybridized carbons (Fsp3) is 0.455. The Balaban J connectivity index is 2.56. The maximum atomic E-state index is 9.74. The van der Waals surface area contributed by atoms with Gasteiger partial charge < -0.3 is 5.11 Å². The van der Waals surface area contributed by atoms with Crippen molar-refractivity contribution < 1.29 is 5.11 Å². The van der Waals surface area contributed by atoms with E-state index in [2.05, 4.69) is 22.9 Å². The van der Waals surface area contributed by atoms with E-state index in [1.807, 2.05) is 18.2 Å². The molecule has 0 fully saturated rings. The minimum atomic E-state index is -0.311. The molecule has 15 heavy (non-hydrogen) atoms. The molecule has 0 saturated heterocycles. The maximum Gasteiger partial charge on any atom is 0.0671 e. The molecule has 1 aromatic rings. The van der Waals surface area contributed by atoms with Crippen LogP contribution in [0.3, 0.4) is 0 Å². The molecule has 1 nitrogen and oxygen atoms in total. The molecule has 0 aliphatic heterocycles. The summed E-state index contributed by atoms with van der Waals surface area (Å²) in [6, 6.07) is 5.75. The lowest BCUT2D eigenvalue weighted by Gasteiger charge is -2.11. The fourth-order valence-electron chi connectivity index (χ4n) is 1.25. The molecular formula is C11H14BrClOS. The molecule has 84 valence electrons. The molecule has 4 heteroatoms.